The summed E-state index contributed by atoms with van der Waals surface area (Å²) in [7, 11) is 2.92. The average Bonchev–Trinajstić information content (AvgIpc) is 3.03. The van der Waals surface area contributed by atoms with Crippen LogP contribution in [0.5, 0.6) is 0 Å². The normalized spacial score (nSPS) is 29.0. The molecule has 13 heteroatoms. The lowest BCUT2D eigenvalue weighted by molar-refractivity contribution is -0.160. The molecule has 2 bridgehead atoms. The number of hydrogen-bond acceptors (Lipinski definition) is 11. The molecule has 2 aliphatic rings. The van der Waals surface area contributed by atoms with Crippen LogP contribution in [0.15, 0.2) is 71.1 Å². The first-order chi connectivity index (χ1) is 22.8. The molecule has 6 atom stereocenters. The summed E-state index contributed by atoms with van der Waals surface area (Å²) in [4.78, 5) is 64.9. The number of primary amides is 1. The molecule has 2 unspecified atom stereocenters. The highest BCUT2D eigenvalue weighted by molar-refractivity contribution is 6.23. The molecule has 0 radical (unpaired) electrons. The zero-order chi connectivity index (χ0) is 36.0. The van der Waals surface area contributed by atoms with Crippen LogP contribution in [0.25, 0.3) is 0 Å². The second-order valence-electron chi connectivity index (χ2n) is 12.0. The summed E-state index contributed by atoms with van der Waals surface area (Å²) in [6.07, 6.45) is 5.81. The molecule has 6 N–H and O–H groups in total. The van der Waals surface area contributed by atoms with Gasteiger partial charge in [-0.25, -0.2) is 4.79 Å². The molecule has 1 heterocycles. The van der Waals surface area contributed by atoms with E-state index in [-0.39, 0.29) is 47.8 Å². The van der Waals surface area contributed by atoms with Crippen molar-refractivity contribution in [3.8, 4) is 0 Å². The highest BCUT2D eigenvalue weighted by Gasteiger charge is 2.35. The van der Waals surface area contributed by atoms with Crippen LogP contribution in [0.4, 0.5) is 4.79 Å². The van der Waals surface area contributed by atoms with Gasteiger partial charge in [0.15, 0.2) is 6.10 Å². The third kappa shape index (κ3) is 11.4. The van der Waals surface area contributed by atoms with Gasteiger partial charge in [-0.2, -0.15) is 0 Å². The van der Waals surface area contributed by atoms with E-state index in [1.165, 1.54) is 20.3 Å². The Morgan fingerprint density at radius 1 is 1.12 bits per heavy atom. The standard InChI is InChI=1S/C35H50N4O9/c1-8-15-38-30-24-16-20(2)17-28(46-7)33(47-29(41)13-10-14-36)23(5)18-22(4)32(48-35(37)44)27(45-6)12-9-11-21(3)34(43)39-25(31(24)42)19-26(30)40/h8-9,11-12,18-20,23,27-28,32-33,38H,1,10,13-17,36H2,2-7H3,(H2,37,44)(H,39,43)/b12-9-,21-11+,22-18+/t20?,23-,27+,28?,32-,33-/m1/s1. The van der Waals surface area contributed by atoms with E-state index in [2.05, 4.69) is 17.2 Å². The first-order valence-electron chi connectivity index (χ1n) is 15.9. The Bertz CT molecular complexity index is 1380. The van der Waals surface area contributed by atoms with Crippen LogP contribution >= 0.6 is 0 Å². The van der Waals surface area contributed by atoms with Crippen molar-refractivity contribution in [1.82, 2.24) is 10.6 Å². The smallest absolute Gasteiger partial charge is 0.405 e. The summed E-state index contributed by atoms with van der Waals surface area (Å²) >= 11 is 0. The SMILES string of the molecule is C=CCNC1=C2CC(C)CC(OC)[C@H](OC(=O)CCCN)[C@H](C)/C=C(\C)[C@@H](OC(N)=O)[C@@H](OC)/C=C\C=C(/C)C(=O)NC(=CC1=O)C2=O. The summed E-state index contributed by atoms with van der Waals surface area (Å²) in [5.41, 5.74) is 12.0. The van der Waals surface area contributed by atoms with E-state index in [0.717, 1.165) is 6.08 Å². The molecular weight excluding hydrogens is 620 g/mol. The Morgan fingerprint density at radius 2 is 1.83 bits per heavy atom. The van der Waals surface area contributed by atoms with Gasteiger partial charge < -0.3 is 41.0 Å². The Kier molecular flexibility index (Phi) is 16.2. The fraction of sp³-hybridized carbons (Fsp3) is 0.514. The van der Waals surface area contributed by atoms with Crippen LogP contribution in [-0.2, 0) is 38.1 Å². The Labute approximate surface area is 282 Å². The third-order valence-electron chi connectivity index (χ3n) is 8.03. The maximum absolute atomic E-state index is 13.8. The number of ether oxygens (including phenoxy) is 4. The fourth-order valence-corrected chi connectivity index (χ4v) is 5.58. The number of fused-ring (bicyclic) bond motifs is 2. The summed E-state index contributed by atoms with van der Waals surface area (Å²) in [5, 5.41) is 5.55. The predicted octanol–water partition coefficient (Wildman–Crippen LogP) is 2.83. The van der Waals surface area contributed by atoms with Gasteiger partial charge in [0, 0.05) is 50.3 Å². The molecule has 0 spiro atoms. The maximum Gasteiger partial charge on any atom is 0.405 e. The van der Waals surface area contributed by atoms with Gasteiger partial charge in [0.2, 0.25) is 11.6 Å². The zero-order valence-electron chi connectivity index (χ0n) is 28.7. The van der Waals surface area contributed by atoms with Crippen molar-refractivity contribution in [1.29, 1.82) is 0 Å². The van der Waals surface area contributed by atoms with E-state index < -0.39 is 59.9 Å². The van der Waals surface area contributed by atoms with Gasteiger partial charge in [0.25, 0.3) is 5.91 Å². The quantitative estimate of drug-likeness (QED) is 0.151. The van der Waals surface area contributed by atoms with E-state index >= 15 is 0 Å². The highest BCUT2D eigenvalue weighted by Crippen LogP contribution is 2.30. The number of rotatable bonds is 10. The number of amides is 2. The second kappa shape index (κ2) is 19.5. The molecule has 0 aromatic rings. The van der Waals surface area contributed by atoms with Gasteiger partial charge in [-0.05, 0) is 51.1 Å². The van der Waals surface area contributed by atoms with E-state index in [1.807, 2.05) is 13.8 Å². The van der Waals surface area contributed by atoms with Crippen LogP contribution in [0, 0.1) is 11.8 Å². The lowest BCUT2D eigenvalue weighted by Gasteiger charge is -2.32. The third-order valence-corrected chi connectivity index (χ3v) is 8.03. The number of esters is 1. The van der Waals surface area contributed by atoms with Crippen LogP contribution in [-0.4, -0.2) is 81.3 Å². The van der Waals surface area contributed by atoms with E-state index in [0.29, 0.717) is 25.0 Å². The second-order valence-corrected chi connectivity index (χ2v) is 12.0. The van der Waals surface area contributed by atoms with E-state index in [1.54, 1.807) is 38.2 Å². The molecule has 0 aromatic heterocycles. The predicted molar refractivity (Wildman–Crippen MR) is 180 cm³/mol. The van der Waals surface area contributed by atoms with E-state index in [9.17, 15) is 24.0 Å². The number of ketones is 2. The first kappa shape index (κ1) is 39.8. The fourth-order valence-electron chi connectivity index (χ4n) is 5.58. The zero-order valence-corrected chi connectivity index (χ0v) is 28.7. The van der Waals surface area contributed by atoms with Crippen molar-refractivity contribution in [3.63, 3.8) is 0 Å². The van der Waals surface area contributed by atoms with Gasteiger partial charge in [-0.3, -0.25) is 19.2 Å². The Hall–Kier alpha value is -4.33. The maximum atomic E-state index is 13.8. The molecule has 48 heavy (non-hydrogen) atoms. The van der Waals surface area contributed by atoms with Gasteiger partial charge in [-0.15, -0.1) is 6.58 Å². The molecule has 2 amide bonds. The van der Waals surface area contributed by atoms with Crippen molar-refractivity contribution in [3.05, 3.63) is 71.1 Å². The van der Waals surface area contributed by atoms with Crippen LogP contribution in [0.2, 0.25) is 0 Å². The van der Waals surface area contributed by atoms with Crippen LogP contribution in [0.1, 0.15) is 53.4 Å². The number of carbonyl (C=O) groups is 5. The minimum Gasteiger partial charge on any atom is -0.459 e. The molecule has 13 nitrogen and oxygen atoms in total. The molecule has 264 valence electrons. The van der Waals surface area contributed by atoms with Gasteiger partial charge >= 0.3 is 12.1 Å². The number of allylic oxidation sites excluding steroid dienone is 4. The first-order valence-corrected chi connectivity index (χ1v) is 15.9. The molecule has 0 saturated carbocycles. The molecular formula is C35H50N4O9. The molecule has 0 saturated heterocycles. The molecule has 2 rings (SSSR count). The van der Waals surface area contributed by atoms with E-state index in [4.69, 9.17) is 30.4 Å². The summed E-state index contributed by atoms with van der Waals surface area (Å²) < 4.78 is 23.0. The van der Waals surface area contributed by atoms with Crippen molar-refractivity contribution in [2.75, 3.05) is 27.3 Å². The molecule has 1 aliphatic heterocycles. The number of hydrogen-bond donors (Lipinski definition) is 4. The minimum absolute atomic E-state index is 0.105. The average molecular weight is 671 g/mol. The number of methoxy groups -OCH3 is 2. The number of nitrogens with one attached hydrogen (secondary N) is 2. The monoisotopic (exact) mass is 670 g/mol. The van der Waals surface area contributed by atoms with Gasteiger partial charge in [0.05, 0.1) is 17.5 Å². The highest BCUT2D eigenvalue weighted by atomic mass is 16.6. The summed E-state index contributed by atoms with van der Waals surface area (Å²) in [6, 6.07) is 0. The molecule has 0 aromatic carbocycles. The Balaban J connectivity index is 2.73. The Morgan fingerprint density at radius 3 is 2.44 bits per heavy atom. The van der Waals surface area contributed by atoms with Gasteiger partial charge in [-0.1, -0.05) is 44.2 Å². The largest absolute Gasteiger partial charge is 0.459 e. The minimum atomic E-state index is -1.02. The number of Topliss-reactive ketones (excluding diaryl/α,β-unsaturated/α-hetero) is 1. The lowest BCUT2D eigenvalue weighted by Crippen LogP contribution is -2.40. The van der Waals surface area contributed by atoms with Gasteiger partial charge in [0.1, 0.15) is 12.2 Å². The molecule has 0 fully saturated rings. The summed E-state index contributed by atoms with van der Waals surface area (Å²) in [5.74, 6) is -2.75. The van der Waals surface area contributed by atoms with Crippen LogP contribution < -0.4 is 22.1 Å². The molecule has 1 aliphatic carbocycles. The van der Waals surface area contributed by atoms with Crippen molar-refractivity contribution >= 4 is 29.5 Å². The lowest BCUT2D eigenvalue weighted by atomic mass is 9.85. The van der Waals surface area contributed by atoms with Crippen LogP contribution in [0.3, 0.4) is 0 Å². The van der Waals surface area contributed by atoms with Crippen molar-refractivity contribution < 1.29 is 42.9 Å². The topological polar surface area (TPSA) is 198 Å². The number of carbonyl (C=O) groups excluding carboxylic acids is 5. The van der Waals surface area contributed by atoms with Crippen molar-refractivity contribution in [2.45, 2.75) is 77.8 Å². The summed E-state index contributed by atoms with van der Waals surface area (Å²) in [6.45, 7) is 11.2. The van der Waals surface area contributed by atoms with Crippen molar-refractivity contribution in [2.24, 2.45) is 23.3 Å². The number of nitrogens with two attached hydrogens (primary N) is 2.